The number of Topliss-reactive ketones (excluding diaryl/α,β-unsaturated/α-hetero) is 1. The Labute approximate surface area is 98.0 Å². The molecule has 5 atom stereocenters. The van der Waals surface area contributed by atoms with E-state index in [1.54, 1.807) is 0 Å². The van der Waals surface area contributed by atoms with Crippen LogP contribution in [-0.4, -0.2) is 11.8 Å². The largest absolute Gasteiger partial charge is 0.327 e. The van der Waals surface area contributed by atoms with E-state index in [0.29, 0.717) is 5.78 Å². The highest BCUT2D eigenvalue weighted by molar-refractivity contribution is 5.82. The van der Waals surface area contributed by atoms with Gasteiger partial charge in [0.2, 0.25) is 0 Å². The summed E-state index contributed by atoms with van der Waals surface area (Å²) in [6.07, 6.45) is 9.69. The van der Waals surface area contributed by atoms with Crippen molar-refractivity contribution in [3.63, 3.8) is 0 Å². The summed E-state index contributed by atoms with van der Waals surface area (Å²) in [6, 6.07) is 0.172. The predicted molar refractivity (Wildman–Crippen MR) is 63.9 cm³/mol. The molecule has 2 nitrogen and oxygen atoms in total. The molecule has 2 bridgehead atoms. The van der Waals surface area contributed by atoms with Gasteiger partial charge < -0.3 is 5.73 Å². The molecule has 0 spiro atoms. The van der Waals surface area contributed by atoms with Gasteiger partial charge in [-0.3, -0.25) is 4.79 Å². The second kappa shape index (κ2) is 4.14. The monoisotopic (exact) mass is 221 g/mol. The van der Waals surface area contributed by atoms with Crippen LogP contribution in [0.2, 0.25) is 0 Å². The summed E-state index contributed by atoms with van der Waals surface area (Å²) in [7, 11) is 0. The van der Waals surface area contributed by atoms with Crippen LogP contribution in [-0.2, 0) is 4.79 Å². The third-order valence-corrected chi connectivity index (χ3v) is 5.33. The van der Waals surface area contributed by atoms with Gasteiger partial charge in [-0.1, -0.05) is 12.8 Å². The van der Waals surface area contributed by atoms with Crippen LogP contribution in [0.15, 0.2) is 0 Å². The zero-order chi connectivity index (χ0) is 11.1. The van der Waals surface area contributed by atoms with Gasteiger partial charge in [-0.15, -0.1) is 0 Å². The summed E-state index contributed by atoms with van der Waals surface area (Å²) in [5.41, 5.74) is 6.01. The normalized spacial score (nSPS) is 46.4. The van der Waals surface area contributed by atoms with Crippen LogP contribution >= 0.6 is 0 Å². The van der Waals surface area contributed by atoms with Crippen molar-refractivity contribution in [1.29, 1.82) is 0 Å². The van der Waals surface area contributed by atoms with Gasteiger partial charge in [-0.2, -0.15) is 0 Å². The van der Waals surface area contributed by atoms with Crippen LogP contribution in [0.25, 0.3) is 0 Å². The SMILES string of the molecule is NC1CCCC1C(=O)CC1CC2CCC1C2. The summed E-state index contributed by atoms with van der Waals surface area (Å²) >= 11 is 0. The quantitative estimate of drug-likeness (QED) is 0.795. The zero-order valence-corrected chi connectivity index (χ0v) is 10.0. The van der Waals surface area contributed by atoms with Crippen molar-refractivity contribution in [2.75, 3.05) is 0 Å². The van der Waals surface area contributed by atoms with Crippen LogP contribution in [0, 0.1) is 23.7 Å². The molecule has 5 unspecified atom stereocenters. The number of nitrogens with two attached hydrogens (primary N) is 1. The maximum atomic E-state index is 12.2. The first-order valence-corrected chi connectivity index (χ1v) is 7.02. The summed E-state index contributed by atoms with van der Waals surface area (Å²) in [5.74, 6) is 3.26. The maximum absolute atomic E-state index is 12.2. The highest BCUT2D eigenvalue weighted by Gasteiger charge is 2.41. The summed E-state index contributed by atoms with van der Waals surface area (Å²) in [6.45, 7) is 0. The Balaban J connectivity index is 1.56. The molecule has 0 amide bonds. The summed E-state index contributed by atoms with van der Waals surface area (Å²) in [4.78, 5) is 12.2. The van der Waals surface area contributed by atoms with E-state index in [1.807, 2.05) is 0 Å². The van der Waals surface area contributed by atoms with E-state index >= 15 is 0 Å². The summed E-state index contributed by atoms with van der Waals surface area (Å²) < 4.78 is 0. The molecule has 90 valence electrons. The van der Waals surface area contributed by atoms with Crippen molar-refractivity contribution in [2.45, 2.75) is 57.4 Å². The number of rotatable bonds is 3. The van der Waals surface area contributed by atoms with E-state index < -0.39 is 0 Å². The number of carbonyl (C=O) groups excluding carboxylic acids is 1. The molecule has 0 aliphatic heterocycles. The lowest BCUT2D eigenvalue weighted by Gasteiger charge is -2.23. The third kappa shape index (κ3) is 1.81. The summed E-state index contributed by atoms with van der Waals surface area (Å²) in [5, 5.41) is 0. The Bertz CT molecular complexity index is 288. The topological polar surface area (TPSA) is 43.1 Å². The molecule has 3 aliphatic carbocycles. The Morgan fingerprint density at radius 3 is 2.56 bits per heavy atom. The van der Waals surface area contributed by atoms with E-state index in [4.69, 9.17) is 5.73 Å². The molecular formula is C14H23NO. The fraction of sp³-hybridized carbons (Fsp3) is 0.929. The maximum Gasteiger partial charge on any atom is 0.137 e. The van der Waals surface area contributed by atoms with Crippen LogP contribution in [0.5, 0.6) is 0 Å². The molecule has 3 rings (SSSR count). The first-order chi connectivity index (χ1) is 7.74. The standard InChI is InChI=1S/C14H23NO/c15-13-3-1-2-12(13)14(16)8-11-7-9-4-5-10(11)6-9/h9-13H,1-8,15H2. The van der Waals surface area contributed by atoms with Crippen molar-refractivity contribution < 1.29 is 4.79 Å². The van der Waals surface area contributed by atoms with Gasteiger partial charge in [0.1, 0.15) is 5.78 Å². The number of fused-ring (bicyclic) bond motifs is 2. The van der Waals surface area contributed by atoms with E-state index in [-0.39, 0.29) is 12.0 Å². The molecule has 16 heavy (non-hydrogen) atoms. The van der Waals surface area contributed by atoms with Crippen molar-refractivity contribution >= 4 is 5.78 Å². The molecule has 0 saturated heterocycles. The third-order valence-electron chi connectivity index (χ3n) is 5.33. The smallest absolute Gasteiger partial charge is 0.137 e. The highest BCUT2D eigenvalue weighted by atomic mass is 16.1. The number of hydrogen-bond acceptors (Lipinski definition) is 2. The average molecular weight is 221 g/mol. The molecule has 0 radical (unpaired) electrons. The van der Waals surface area contributed by atoms with Crippen LogP contribution in [0.4, 0.5) is 0 Å². The number of hydrogen-bond donors (Lipinski definition) is 1. The predicted octanol–water partition coefficient (Wildman–Crippen LogP) is 2.51. The van der Waals surface area contributed by atoms with Crippen LogP contribution in [0.1, 0.15) is 51.4 Å². The Morgan fingerprint density at radius 2 is 2.00 bits per heavy atom. The Morgan fingerprint density at radius 1 is 1.12 bits per heavy atom. The molecule has 2 heteroatoms. The molecule has 3 saturated carbocycles. The van der Waals surface area contributed by atoms with Crippen LogP contribution < -0.4 is 5.73 Å². The van der Waals surface area contributed by atoms with Gasteiger partial charge in [-0.05, 0) is 49.9 Å². The minimum atomic E-state index is 0.172. The van der Waals surface area contributed by atoms with Gasteiger partial charge >= 0.3 is 0 Å². The van der Waals surface area contributed by atoms with Gasteiger partial charge in [0.15, 0.2) is 0 Å². The van der Waals surface area contributed by atoms with Gasteiger partial charge in [-0.25, -0.2) is 0 Å². The fourth-order valence-electron chi connectivity index (χ4n) is 4.42. The molecule has 0 heterocycles. The van der Waals surface area contributed by atoms with Gasteiger partial charge in [0.05, 0.1) is 0 Å². The molecular weight excluding hydrogens is 198 g/mol. The van der Waals surface area contributed by atoms with Crippen LogP contribution in [0.3, 0.4) is 0 Å². The second-order valence-electron chi connectivity index (χ2n) is 6.31. The first kappa shape index (κ1) is 10.8. The van der Waals surface area contributed by atoms with E-state index in [1.165, 1.54) is 25.7 Å². The minimum Gasteiger partial charge on any atom is -0.327 e. The number of carbonyl (C=O) groups is 1. The Kier molecular flexibility index (Phi) is 2.78. The van der Waals surface area contributed by atoms with E-state index in [9.17, 15) is 4.79 Å². The zero-order valence-electron chi connectivity index (χ0n) is 10.0. The molecule has 3 aliphatic rings. The molecule has 0 aromatic rings. The fourth-order valence-corrected chi connectivity index (χ4v) is 4.42. The Hall–Kier alpha value is -0.370. The van der Waals surface area contributed by atoms with Crippen molar-refractivity contribution in [2.24, 2.45) is 29.4 Å². The van der Waals surface area contributed by atoms with Gasteiger partial charge in [0, 0.05) is 18.4 Å². The first-order valence-electron chi connectivity index (χ1n) is 7.02. The second-order valence-corrected chi connectivity index (χ2v) is 6.31. The van der Waals surface area contributed by atoms with Crippen molar-refractivity contribution in [3.05, 3.63) is 0 Å². The molecule has 3 fully saturated rings. The lowest BCUT2D eigenvalue weighted by Crippen LogP contribution is -2.32. The average Bonchev–Trinajstić information content (AvgIpc) is 2.92. The van der Waals surface area contributed by atoms with E-state index in [0.717, 1.165) is 43.4 Å². The van der Waals surface area contributed by atoms with E-state index in [2.05, 4.69) is 0 Å². The lowest BCUT2D eigenvalue weighted by molar-refractivity contribution is -0.124. The molecule has 0 aromatic carbocycles. The molecule has 2 N–H and O–H groups in total. The molecule has 0 aromatic heterocycles. The van der Waals surface area contributed by atoms with Crippen molar-refractivity contribution in [3.8, 4) is 0 Å². The number of ketones is 1. The minimum absolute atomic E-state index is 0.172. The highest BCUT2D eigenvalue weighted by Crippen LogP contribution is 2.50. The lowest BCUT2D eigenvalue weighted by atomic mass is 9.82. The van der Waals surface area contributed by atoms with Gasteiger partial charge in [0.25, 0.3) is 0 Å². The van der Waals surface area contributed by atoms with Crippen molar-refractivity contribution in [1.82, 2.24) is 0 Å².